The van der Waals surface area contributed by atoms with Crippen LogP contribution in [-0.4, -0.2) is 31.1 Å². The third-order valence-corrected chi connectivity index (χ3v) is 3.65. The molecule has 3 heteroatoms. The van der Waals surface area contributed by atoms with Gasteiger partial charge in [-0.05, 0) is 38.5 Å². The highest BCUT2D eigenvalue weighted by Crippen LogP contribution is 2.19. The summed E-state index contributed by atoms with van der Waals surface area (Å²) >= 11 is 0. The van der Waals surface area contributed by atoms with Gasteiger partial charge in [-0.15, -0.1) is 0 Å². The number of nitrogens with zero attached hydrogens (tertiary/aromatic N) is 2. The second-order valence-corrected chi connectivity index (χ2v) is 5.07. The van der Waals surface area contributed by atoms with E-state index in [2.05, 4.69) is 35.5 Å². The first-order valence-corrected chi connectivity index (χ1v) is 6.66. The van der Waals surface area contributed by atoms with Crippen molar-refractivity contribution in [3.8, 4) is 6.07 Å². The van der Waals surface area contributed by atoms with Crippen molar-refractivity contribution in [2.75, 3.05) is 20.1 Å². The number of piperidine rings is 1. The van der Waals surface area contributed by atoms with Gasteiger partial charge in [-0.25, -0.2) is 0 Å². The van der Waals surface area contributed by atoms with E-state index in [1.807, 2.05) is 18.2 Å². The van der Waals surface area contributed by atoms with E-state index in [0.717, 1.165) is 13.1 Å². The molecule has 1 N–H and O–H groups in total. The van der Waals surface area contributed by atoms with Crippen molar-refractivity contribution in [1.82, 2.24) is 10.2 Å². The fourth-order valence-corrected chi connectivity index (χ4v) is 2.51. The molecule has 0 aromatic heterocycles. The average molecular weight is 243 g/mol. The number of nitriles is 1. The van der Waals surface area contributed by atoms with E-state index in [1.165, 1.54) is 18.4 Å². The summed E-state index contributed by atoms with van der Waals surface area (Å²) in [6, 6.07) is 13.3. The van der Waals surface area contributed by atoms with E-state index in [0.29, 0.717) is 12.5 Å². The molecule has 0 amide bonds. The van der Waals surface area contributed by atoms with Gasteiger partial charge in [-0.2, -0.15) is 5.26 Å². The molecule has 1 saturated heterocycles. The van der Waals surface area contributed by atoms with Crippen LogP contribution < -0.4 is 5.32 Å². The van der Waals surface area contributed by atoms with Gasteiger partial charge in [0, 0.05) is 12.1 Å². The first-order chi connectivity index (χ1) is 8.79. The lowest BCUT2D eigenvalue weighted by Crippen LogP contribution is -2.42. The van der Waals surface area contributed by atoms with Crippen LogP contribution in [0.4, 0.5) is 0 Å². The predicted octanol–water partition coefficient (Wildman–Crippen LogP) is 2.33. The fourth-order valence-electron chi connectivity index (χ4n) is 2.51. The Labute approximate surface area is 109 Å². The van der Waals surface area contributed by atoms with E-state index in [4.69, 9.17) is 5.26 Å². The Hall–Kier alpha value is -1.37. The van der Waals surface area contributed by atoms with Crippen molar-refractivity contribution < 1.29 is 0 Å². The van der Waals surface area contributed by atoms with E-state index in [1.54, 1.807) is 0 Å². The molecule has 1 aliphatic rings. The molecule has 1 fully saturated rings. The van der Waals surface area contributed by atoms with Crippen LogP contribution in [-0.2, 0) is 0 Å². The Morgan fingerprint density at radius 3 is 2.61 bits per heavy atom. The van der Waals surface area contributed by atoms with Crippen molar-refractivity contribution in [3.05, 3.63) is 35.9 Å². The minimum Gasteiger partial charge on any atom is -0.306 e. The van der Waals surface area contributed by atoms with Gasteiger partial charge in [0.25, 0.3) is 0 Å². The summed E-state index contributed by atoms with van der Waals surface area (Å²) in [5.41, 5.74) is 1.22. The zero-order valence-electron chi connectivity index (χ0n) is 11.0. The molecule has 1 unspecified atom stereocenters. The van der Waals surface area contributed by atoms with Crippen molar-refractivity contribution in [2.45, 2.75) is 31.3 Å². The third-order valence-electron chi connectivity index (χ3n) is 3.65. The topological polar surface area (TPSA) is 39.1 Å². The van der Waals surface area contributed by atoms with Gasteiger partial charge in [-0.3, -0.25) is 0 Å². The molecule has 0 radical (unpaired) electrons. The van der Waals surface area contributed by atoms with Gasteiger partial charge in [0.1, 0.15) is 0 Å². The quantitative estimate of drug-likeness (QED) is 0.882. The summed E-state index contributed by atoms with van der Waals surface area (Å²) in [5.74, 6) is 0. The molecule has 1 aliphatic heterocycles. The maximum absolute atomic E-state index is 8.97. The number of hydrogen-bond acceptors (Lipinski definition) is 3. The van der Waals surface area contributed by atoms with Gasteiger partial charge < -0.3 is 10.2 Å². The molecular formula is C15H21N3. The first-order valence-electron chi connectivity index (χ1n) is 6.66. The number of benzene rings is 1. The smallest absolute Gasteiger partial charge is 0.0641 e. The Kier molecular flexibility index (Phi) is 4.74. The number of rotatable bonds is 4. The monoisotopic (exact) mass is 243 g/mol. The van der Waals surface area contributed by atoms with Crippen LogP contribution in [0.5, 0.6) is 0 Å². The largest absolute Gasteiger partial charge is 0.306 e. The highest BCUT2D eigenvalue weighted by atomic mass is 15.1. The van der Waals surface area contributed by atoms with Crippen LogP contribution in [0.15, 0.2) is 30.3 Å². The lowest BCUT2D eigenvalue weighted by atomic mass is 9.99. The Bertz CT molecular complexity index is 388. The van der Waals surface area contributed by atoms with E-state index < -0.39 is 0 Å². The van der Waals surface area contributed by atoms with Gasteiger partial charge in [-0.1, -0.05) is 30.3 Å². The molecule has 1 atom stereocenters. The fraction of sp³-hybridized carbons (Fsp3) is 0.533. The molecule has 18 heavy (non-hydrogen) atoms. The maximum atomic E-state index is 8.97. The summed E-state index contributed by atoms with van der Waals surface area (Å²) in [6.45, 7) is 2.29. The lowest BCUT2D eigenvalue weighted by Gasteiger charge is -2.32. The standard InChI is InChI=1S/C15H21N3/c1-18-11-8-14(9-12-18)17-15(7-10-16)13-5-3-2-4-6-13/h2-6,14-15,17H,7-9,11-12H2,1H3. The molecular weight excluding hydrogens is 222 g/mol. The molecule has 0 bridgehead atoms. The van der Waals surface area contributed by atoms with Gasteiger partial charge in [0.2, 0.25) is 0 Å². The number of hydrogen-bond donors (Lipinski definition) is 1. The van der Waals surface area contributed by atoms with Crippen molar-refractivity contribution in [2.24, 2.45) is 0 Å². The van der Waals surface area contributed by atoms with Crippen LogP contribution in [0.2, 0.25) is 0 Å². The predicted molar refractivity (Wildman–Crippen MR) is 73.1 cm³/mol. The van der Waals surface area contributed by atoms with Crippen LogP contribution in [0.1, 0.15) is 30.9 Å². The van der Waals surface area contributed by atoms with E-state index >= 15 is 0 Å². The van der Waals surface area contributed by atoms with Crippen LogP contribution in [0, 0.1) is 11.3 Å². The first kappa shape index (κ1) is 13.1. The van der Waals surface area contributed by atoms with Crippen LogP contribution >= 0.6 is 0 Å². The molecule has 3 nitrogen and oxygen atoms in total. The molecule has 0 saturated carbocycles. The van der Waals surface area contributed by atoms with Crippen molar-refractivity contribution in [3.63, 3.8) is 0 Å². The lowest BCUT2D eigenvalue weighted by molar-refractivity contribution is 0.225. The third kappa shape index (κ3) is 3.56. The van der Waals surface area contributed by atoms with Crippen LogP contribution in [0.25, 0.3) is 0 Å². The molecule has 1 heterocycles. The Balaban J connectivity index is 1.97. The molecule has 2 rings (SSSR count). The summed E-state index contributed by atoms with van der Waals surface area (Å²) < 4.78 is 0. The van der Waals surface area contributed by atoms with E-state index in [-0.39, 0.29) is 6.04 Å². The Morgan fingerprint density at radius 2 is 2.00 bits per heavy atom. The molecule has 0 spiro atoms. The van der Waals surface area contributed by atoms with E-state index in [9.17, 15) is 0 Å². The van der Waals surface area contributed by atoms with Crippen LogP contribution in [0.3, 0.4) is 0 Å². The zero-order chi connectivity index (χ0) is 12.8. The van der Waals surface area contributed by atoms with Crippen molar-refractivity contribution >= 4 is 0 Å². The number of nitrogens with one attached hydrogen (secondary N) is 1. The molecule has 96 valence electrons. The van der Waals surface area contributed by atoms with Gasteiger partial charge >= 0.3 is 0 Å². The summed E-state index contributed by atoms with van der Waals surface area (Å²) in [4.78, 5) is 2.36. The zero-order valence-corrected chi connectivity index (χ0v) is 11.0. The number of likely N-dealkylation sites (tertiary alicyclic amines) is 1. The summed E-state index contributed by atoms with van der Waals surface area (Å²) in [5, 5.41) is 12.6. The minimum atomic E-state index is 0.171. The average Bonchev–Trinajstić information content (AvgIpc) is 2.42. The normalized spacial score (nSPS) is 19.3. The van der Waals surface area contributed by atoms with Gasteiger partial charge in [0.05, 0.1) is 12.5 Å². The SMILES string of the molecule is CN1CCC(NC(CC#N)c2ccccc2)CC1. The maximum Gasteiger partial charge on any atom is 0.0641 e. The Morgan fingerprint density at radius 1 is 1.33 bits per heavy atom. The second kappa shape index (κ2) is 6.53. The molecule has 1 aromatic carbocycles. The molecule has 1 aromatic rings. The summed E-state index contributed by atoms with van der Waals surface area (Å²) in [7, 11) is 2.17. The highest BCUT2D eigenvalue weighted by Gasteiger charge is 2.20. The van der Waals surface area contributed by atoms with Crippen molar-refractivity contribution in [1.29, 1.82) is 5.26 Å². The summed E-state index contributed by atoms with van der Waals surface area (Å²) in [6.07, 6.45) is 2.88. The molecule has 0 aliphatic carbocycles. The van der Waals surface area contributed by atoms with Gasteiger partial charge in [0.15, 0.2) is 0 Å². The highest BCUT2D eigenvalue weighted by molar-refractivity contribution is 5.20. The second-order valence-electron chi connectivity index (χ2n) is 5.07. The minimum absolute atomic E-state index is 0.171.